The average molecular weight is 482 g/mol. The quantitative estimate of drug-likeness (QED) is 0.559. The van der Waals surface area contributed by atoms with E-state index in [4.69, 9.17) is 0 Å². The van der Waals surface area contributed by atoms with Crippen molar-refractivity contribution in [2.45, 2.75) is 49.8 Å². The molecule has 4 heteroatoms. The first-order chi connectivity index (χ1) is 11.3. The first-order valence-electron chi connectivity index (χ1n) is 8.76. The monoisotopic (exact) mass is 479 g/mol. The van der Waals surface area contributed by atoms with Crippen molar-refractivity contribution >= 4 is 11.5 Å². The largest absolute Gasteiger partial charge is 1.00 e. The normalized spacial score (nSPS) is 15.5. The predicted octanol–water partition coefficient (Wildman–Crippen LogP) is 0.451. The standard InChI is InChI=1S/C20H21.C2H6Si.2ClH.Zr/c1-14-8-9-16-6-5-7-18(19(14)16)15-10-12-17(13-11-15)20(2,3)4;1-3-2;;;/h5-13H,1-4H3;1-2H3;2*1H;/q;;;;+2/p-2. The summed E-state index contributed by atoms with van der Waals surface area (Å²) in [6.45, 7) is 14.1. The van der Waals surface area contributed by atoms with Crippen molar-refractivity contribution in [2.75, 3.05) is 0 Å². The first-order valence-corrected chi connectivity index (χ1v) is 16.4. The molecule has 0 N–H and O–H groups in total. The van der Waals surface area contributed by atoms with E-state index < -0.39 is 0 Å². The van der Waals surface area contributed by atoms with Crippen molar-refractivity contribution in [3.63, 3.8) is 0 Å². The van der Waals surface area contributed by atoms with Crippen LogP contribution >= 0.6 is 0 Å². The fourth-order valence-corrected chi connectivity index (χ4v) is 11.9. The fourth-order valence-electron chi connectivity index (χ4n) is 3.51. The molecular weight excluding hydrogens is 454 g/mol. The van der Waals surface area contributed by atoms with Gasteiger partial charge in [0.15, 0.2) is 0 Å². The van der Waals surface area contributed by atoms with E-state index in [0.717, 1.165) is 3.63 Å². The Bertz CT molecular complexity index is 774. The fraction of sp³-hybridized carbons (Fsp3) is 0.364. The van der Waals surface area contributed by atoms with Gasteiger partial charge in [0.05, 0.1) is 0 Å². The number of halogens is 2. The smallest absolute Gasteiger partial charge is 1.00 e. The number of hydrogen-bond acceptors (Lipinski definition) is 0. The topological polar surface area (TPSA) is 0 Å². The van der Waals surface area contributed by atoms with Gasteiger partial charge in [-0.2, -0.15) is 0 Å². The second-order valence-corrected chi connectivity index (χ2v) is 21.4. The second-order valence-electron chi connectivity index (χ2n) is 8.07. The molecule has 0 heterocycles. The maximum atomic E-state index is 2.57. The van der Waals surface area contributed by atoms with E-state index in [9.17, 15) is 0 Å². The minimum absolute atomic E-state index is 0. The van der Waals surface area contributed by atoms with Gasteiger partial charge in [0.1, 0.15) is 0 Å². The minimum Gasteiger partial charge on any atom is -1.00 e. The molecule has 2 aromatic carbocycles. The summed E-state index contributed by atoms with van der Waals surface area (Å²) in [6.07, 6.45) is 2.57. The molecule has 26 heavy (non-hydrogen) atoms. The van der Waals surface area contributed by atoms with Gasteiger partial charge in [-0.15, -0.1) is 0 Å². The van der Waals surface area contributed by atoms with E-state index in [2.05, 4.69) is 89.3 Å². The zero-order chi connectivity index (χ0) is 17.5. The van der Waals surface area contributed by atoms with Gasteiger partial charge in [0, 0.05) is 0 Å². The first kappa shape index (κ1) is 23.9. The number of fused-ring (bicyclic) bond motifs is 1. The van der Waals surface area contributed by atoms with Crippen molar-refractivity contribution in [2.24, 2.45) is 0 Å². The summed E-state index contributed by atoms with van der Waals surface area (Å²) in [5.74, 6) is -0.0554. The van der Waals surface area contributed by atoms with Gasteiger partial charge in [-0.25, -0.2) is 0 Å². The predicted molar refractivity (Wildman–Crippen MR) is 104 cm³/mol. The van der Waals surface area contributed by atoms with Crippen molar-refractivity contribution in [1.29, 1.82) is 0 Å². The Morgan fingerprint density at radius 1 is 0.923 bits per heavy atom. The van der Waals surface area contributed by atoms with E-state index in [1.807, 2.05) is 0 Å². The van der Waals surface area contributed by atoms with Crippen LogP contribution in [-0.4, -0.2) is 5.92 Å². The Kier molecular flexibility index (Phi) is 8.61. The van der Waals surface area contributed by atoms with Gasteiger partial charge < -0.3 is 24.8 Å². The Morgan fingerprint density at radius 2 is 1.54 bits per heavy atom. The van der Waals surface area contributed by atoms with Gasteiger partial charge in [0.2, 0.25) is 0 Å². The zero-order valence-corrected chi connectivity index (χ0v) is 21.4. The summed E-state index contributed by atoms with van der Waals surface area (Å²) in [6, 6.07) is 16.2. The second kappa shape index (κ2) is 9.37. The Balaban J connectivity index is 0.00000169. The van der Waals surface area contributed by atoms with Crippen LogP contribution in [0.25, 0.3) is 16.7 Å². The Hall–Kier alpha value is -0.140. The van der Waals surface area contributed by atoms with E-state index in [0.29, 0.717) is 0 Å². The van der Waals surface area contributed by atoms with Crippen LogP contribution in [0.4, 0.5) is 0 Å². The van der Waals surface area contributed by atoms with Gasteiger partial charge in [-0.3, -0.25) is 0 Å². The van der Waals surface area contributed by atoms with Crippen LogP contribution in [-0.2, 0) is 27.8 Å². The molecular formula is C22H27Cl2SiZr. The summed E-state index contributed by atoms with van der Waals surface area (Å²) < 4.78 is 0.793. The molecule has 0 nitrogen and oxygen atoms in total. The van der Waals surface area contributed by atoms with E-state index in [1.54, 1.807) is 5.56 Å². The molecule has 1 radical (unpaired) electrons. The molecule has 0 spiro atoms. The third-order valence-electron chi connectivity index (χ3n) is 4.75. The maximum absolute atomic E-state index is 2.57. The summed E-state index contributed by atoms with van der Waals surface area (Å²) in [4.78, 5) is 0. The van der Waals surface area contributed by atoms with Crippen LogP contribution in [0.2, 0.25) is 13.1 Å². The molecule has 0 bridgehead atoms. The summed E-state index contributed by atoms with van der Waals surface area (Å²) in [7, 11) is 0. The molecule has 1 aliphatic rings. The molecule has 1 aliphatic carbocycles. The van der Waals surface area contributed by atoms with Crippen LogP contribution in [0.1, 0.15) is 48.0 Å². The molecule has 3 rings (SSSR count). The van der Waals surface area contributed by atoms with Gasteiger partial charge in [-0.1, -0.05) is 0 Å². The van der Waals surface area contributed by atoms with E-state index in [1.165, 1.54) is 27.8 Å². The summed E-state index contributed by atoms with van der Waals surface area (Å²) in [5.41, 5.74) is 9.03. The van der Waals surface area contributed by atoms with Crippen LogP contribution in [0.3, 0.4) is 0 Å². The summed E-state index contributed by atoms with van der Waals surface area (Å²) in [5, 5.41) is 0. The van der Waals surface area contributed by atoms with E-state index >= 15 is 0 Å². The van der Waals surface area contributed by atoms with Gasteiger partial charge >= 0.3 is 160 Å². The molecule has 137 valence electrons. The minimum atomic E-state index is -0.315. The summed E-state index contributed by atoms with van der Waals surface area (Å²) >= 11 is -0.315. The number of rotatable bonds is 3. The van der Waals surface area contributed by atoms with Crippen LogP contribution in [0, 0.1) is 0 Å². The third kappa shape index (κ3) is 5.02. The Labute approximate surface area is 183 Å². The molecule has 1 unspecified atom stereocenters. The maximum Gasteiger partial charge on any atom is -1.00 e. The average Bonchev–Trinajstić information content (AvgIpc) is 2.82. The third-order valence-corrected chi connectivity index (χ3v) is 13.4. The SMILES string of the molecule is CC1=C[CH]([Zr+2][Si](C)C)c2cccc(-c3ccc(C(C)(C)C)cc3)c21.[Cl-].[Cl-]. The molecule has 0 amide bonds. The van der Waals surface area contributed by atoms with Gasteiger partial charge in [0.25, 0.3) is 0 Å². The molecule has 0 saturated heterocycles. The zero-order valence-electron chi connectivity index (χ0n) is 16.5. The Morgan fingerprint density at radius 3 is 2.08 bits per heavy atom. The molecule has 1 atom stereocenters. The molecule has 0 fully saturated rings. The molecule has 0 saturated carbocycles. The van der Waals surface area contributed by atoms with Crippen molar-refractivity contribution < 1.29 is 47.2 Å². The number of allylic oxidation sites excluding steroid dienone is 2. The van der Waals surface area contributed by atoms with Crippen LogP contribution in [0.15, 0.2) is 48.5 Å². The van der Waals surface area contributed by atoms with Crippen LogP contribution in [0.5, 0.6) is 0 Å². The van der Waals surface area contributed by atoms with Crippen LogP contribution < -0.4 is 24.8 Å². The van der Waals surface area contributed by atoms with Gasteiger partial charge in [-0.05, 0) is 0 Å². The van der Waals surface area contributed by atoms with Crippen molar-refractivity contribution in [3.8, 4) is 11.1 Å². The molecule has 0 aromatic heterocycles. The molecule has 0 aliphatic heterocycles. The van der Waals surface area contributed by atoms with E-state index in [-0.39, 0.29) is 58.5 Å². The van der Waals surface area contributed by atoms with Crippen molar-refractivity contribution in [1.82, 2.24) is 0 Å². The molecule has 2 aromatic rings. The number of benzene rings is 2. The van der Waals surface area contributed by atoms with Crippen molar-refractivity contribution in [3.05, 3.63) is 65.2 Å². The number of hydrogen-bond donors (Lipinski definition) is 0.